The first-order valence-corrected chi connectivity index (χ1v) is 10.4. The Morgan fingerprint density at radius 1 is 1.25 bits per heavy atom. The molecule has 0 spiro atoms. The van der Waals surface area contributed by atoms with E-state index in [4.69, 9.17) is 11.6 Å². The number of alkyl halides is 1. The second-order valence-electron chi connectivity index (χ2n) is 9.60. The van der Waals surface area contributed by atoms with Gasteiger partial charge in [-0.3, -0.25) is 14.4 Å². The molecule has 6 atom stereocenters. The zero-order valence-electron chi connectivity index (χ0n) is 16.5. The van der Waals surface area contributed by atoms with Crippen LogP contribution in [0.15, 0.2) is 23.3 Å². The van der Waals surface area contributed by atoms with E-state index in [0.717, 1.165) is 11.1 Å². The number of aliphatic hydroxyl groups is 2. The van der Waals surface area contributed by atoms with Crippen LogP contribution in [0, 0.1) is 22.7 Å². The Balaban J connectivity index is 1.85. The molecule has 2 N–H and O–H groups in total. The third-order valence-corrected chi connectivity index (χ3v) is 9.44. The van der Waals surface area contributed by atoms with Crippen molar-refractivity contribution < 1.29 is 24.6 Å². The highest BCUT2D eigenvalue weighted by Gasteiger charge is 2.70. The lowest BCUT2D eigenvalue weighted by molar-refractivity contribution is -0.160. The van der Waals surface area contributed by atoms with Gasteiger partial charge in [-0.1, -0.05) is 25.5 Å². The summed E-state index contributed by atoms with van der Waals surface area (Å²) in [7, 11) is 0. The largest absolute Gasteiger partial charge is 0.388 e. The van der Waals surface area contributed by atoms with E-state index in [-0.39, 0.29) is 18.3 Å². The summed E-state index contributed by atoms with van der Waals surface area (Å²) in [5, 5.41) is 20.7. The fourth-order valence-corrected chi connectivity index (χ4v) is 7.28. The molecule has 0 aromatic rings. The maximum atomic E-state index is 12.4. The van der Waals surface area contributed by atoms with Crippen LogP contribution in [0.5, 0.6) is 0 Å². The summed E-state index contributed by atoms with van der Waals surface area (Å²) in [5.41, 5.74) is -1.11. The van der Waals surface area contributed by atoms with Gasteiger partial charge in [0.05, 0.1) is 4.87 Å². The van der Waals surface area contributed by atoms with Gasteiger partial charge in [0, 0.05) is 23.2 Å². The molecule has 0 bridgehead atoms. The number of rotatable bonds is 2. The predicted molar refractivity (Wildman–Crippen MR) is 104 cm³/mol. The van der Waals surface area contributed by atoms with Crippen molar-refractivity contribution in [1.82, 2.24) is 0 Å². The molecule has 2 fully saturated rings. The minimum Gasteiger partial charge on any atom is -0.388 e. The maximum Gasteiger partial charge on any atom is 0.221 e. The Morgan fingerprint density at radius 2 is 1.93 bits per heavy atom. The maximum absolute atomic E-state index is 12.4. The molecule has 4 aliphatic carbocycles. The van der Waals surface area contributed by atoms with Crippen molar-refractivity contribution >= 4 is 29.0 Å². The molecule has 2 saturated carbocycles. The summed E-state index contributed by atoms with van der Waals surface area (Å²) in [6, 6.07) is 0. The zero-order valence-corrected chi connectivity index (χ0v) is 17.3. The molecular weight excluding hydrogens is 380 g/mol. The predicted octanol–water partition coefficient (Wildman–Crippen LogP) is 2.52. The number of carbonyl (C=O) groups excluding carboxylic acids is 3. The average Bonchev–Trinajstić information content (AvgIpc) is 2.92. The van der Waals surface area contributed by atoms with E-state index in [9.17, 15) is 24.6 Å². The number of Topliss-reactive ketones (excluding diaryl/α,β-unsaturated/α-hetero) is 2. The van der Waals surface area contributed by atoms with E-state index >= 15 is 0 Å². The number of ketones is 3. The topological polar surface area (TPSA) is 91.7 Å². The van der Waals surface area contributed by atoms with Gasteiger partial charge in [-0.2, -0.15) is 0 Å². The van der Waals surface area contributed by atoms with Gasteiger partial charge in [-0.05, 0) is 50.2 Å². The summed E-state index contributed by atoms with van der Waals surface area (Å²) in [6.07, 6.45) is 5.60. The lowest BCUT2D eigenvalue weighted by Gasteiger charge is -2.61. The van der Waals surface area contributed by atoms with E-state index < -0.39 is 45.3 Å². The number of aliphatic hydroxyl groups excluding tert-OH is 1. The van der Waals surface area contributed by atoms with E-state index in [1.165, 1.54) is 6.08 Å². The molecule has 0 aliphatic heterocycles. The minimum atomic E-state index is -1.55. The molecule has 0 amide bonds. The highest BCUT2D eigenvalue weighted by atomic mass is 35.5. The fourth-order valence-electron chi connectivity index (χ4n) is 6.80. The van der Waals surface area contributed by atoms with E-state index in [1.807, 2.05) is 20.8 Å². The molecule has 0 saturated heterocycles. The van der Waals surface area contributed by atoms with Crippen LogP contribution < -0.4 is 0 Å². The van der Waals surface area contributed by atoms with Crippen LogP contribution in [0.3, 0.4) is 0 Å². The number of carbonyl (C=O) groups is 3. The fraction of sp³-hybridized carbons (Fsp3) is 0.682. The molecule has 28 heavy (non-hydrogen) atoms. The third-order valence-electron chi connectivity index (χ3n) is 8.59. The molecule has 0 aromatic carbocycles. The van der Waals surface area contributed by atoms with E-state index in [1.54, 1.807) is 0 Å². The monoisotopic (exact) mass is 406 g/mol. The first kappa shape index (κ1) is 20.0. The molecule has 152 valence electrons. The van der Waals surface area contributed by atoms with Crippen LogP contribution in [0.4, 0.5) is 0 Å². The molecule has 5 nitrogen and oxygen atoms in total. The van der Waals surface area contributed by atoms with Gasteiger partial charge in [-0.25, -0.2) is 0 Å². The van der Waals surface area contributed by atoms with Gasteiger partial charge in [0.15, 0.2) is 5.78 Å². The number of allylic oxidation sites excluding steroid dienone is 4. The first-order valence-electron chi connectivity index (χ1n) is 9.98. The molecular formula is C22H27ClO5. The average molecular weight is 407 g/mol. The standard InChI is InChI=1S/C22H27ClO5/c1-12-8-15-13-4-5-22(28,18(27)11-24)19(13,2)6-7-21(15,23)20(3)10-17(26)16(25)9-14(12)20/h8-9,13,15,24,28H,4-7,10-11H2,1-3H3/t13-,15-,19-,20-,21+,22-/m0/s1. The number of hydrogen-bond acceptors (Lipinski definition) is 5. The van der Waals surface area contributed by atoms with Crippen molar-refractivity contribution in [3.63, 3.8) is 0 Å². The molecule has 0 unspecified atom stereocenters. The van der Waals surface area contributed by atoms with Gasteiger partial charge in [0.2, 0.25) is 11.6 Å². The highest BCUT2D eigenvalue weighted by molar-refractivity contribution is 6.43. The van der Waals surface area contributed by atoms with Gasteiger partial charge < -0.3 is 10.2 Å². The third kappa shape index (κ3) is 2.13. The quantitative estimate of drug-likeness (QED) is 0.543. The lowest BCUT2D eigenvalue weighted by Crippen LogP contribution is -2.63. The van der Waals surface area contributed by atoms with Gasteiger partial charge >= 0.3 is 0 Å². The SMILES string of the molecule is CC1=C[C@H]2[C@@H]3CC[C@](O)(C(=O)CO)[C@@]3(C)CC[C@]2(Cl)[C@@]2(C)CC(=O)C(=O)C=C12. The number of halogens is 1. The lowest BCUT2D eigenvalue weighted by atomic mass is 9.46. The Morgan fingerprint density at radius 3 is 2.57 bits per heavy atom. The van der Waals surface area contributed by atoms with Crippen molar-refractivity contribution in [2.24, 2.45) is 22.7 Å². The van der Waals surface area contributed by atoms with Crippen LogP contribution in [0.1, 0.15) is 52.9 Å². The van der Waals surface area contributed by atoms with Crippen LogP contribution in [-0.4, -0.2) is 44.6 Å². The Kier molecular flexibility index (Phi) is 4.19. The van der Waals surface area contributed by atoms with Crippen molar-refractivity contribution in [3.05, 3.63) is 23.3 Å². The molecule has 0 radical (unpaired) electrons. The molecule has 0 aromatic heterocycles. The van der Waals surface area contributed by atoms with Gasteiger partial charge in [-0.15, -0.1) is 11.6 Å². The summed E-state index contributed by atoms with van der Waals surface area (Å²) in [5.74, 6) is -1.58. The zero-order chi connectivity index (χ0) is 20.7. The summed E-state index contributed by atoms with van der Waals surface area (Å²) in [4.78, 5) is 36.0. The van der Waals surface area contributed by atoms with Crippen molar-refractivity contribution in [1.29, 1.82) is 0 Å². The van der Waals surface area contributed by atoms with Crippen LogP contribution in [0.25, 0.3) is 0 Å². The summed E-state index contributed by atoms with van der Waals surface area (Å²) < 4.78 is 0. The molecule has 4 rings (SSSR count). The number of fused-ring (bicyclic) bond motifs is 5. The van der Waals surface area contributed by atoms with Crippen molar-refractivity contribution in [3.8, 4) is 0 Å². The molecule has 4 aliphatic rings. The second-order valence-corrected chi connectivity index (χ2v) is 10.3. The Labute approximate surface area is 169 Å². The Bertz CT molecular complexity index is 859. The first-order chi connectivity index (χ1) is 12.9. The highest BCUT2D eigenvalue weighted by Crippen LogP contribution is 2.70. The Hall–Kier alpha value is -1.30. The van der Waals surface area contributed by atoms with Crippen LogP contribution in [-0.2, 0) is 14.4 Å². The van der Waals surface area contributed by atoms with Gasteiger partial charge in [0.1, 0.15) is 12.2 Å². The van der Waals surface area contributed by atoms with E-state index in [0.29, 0.717) is 25.7 Å². The normalized spacial score (nSPS) is 47.6. The molecule has 0 heterocycles. The van der Waals surface area contributed by atoms with Crippen LogP contribution >= 0.6 is 11.6 Å². The van der Waals surface area contributed by atoms with E-state index in [2.05, 4.69) is 6.08 Å². The summed E-state index contributed by atoms with van der Waals surface area (Å²) in [6.45, 7) is 5.17. The van der Waals surface area contributed by atoms with Crippen molar-refractivity contribution in [2.45, 2.75) is 63.4 Å². The van der Waals surface area contributed by atoms with Crippen molar-refractivity contribution in [2.75, 3.05) is 6.61 Å². The smallest absolute Gasteiger partial charge is 0.221 e. The molecule has 6 heteroatoms. The second kappa shape index (κ2) is 5.87. The minimum absolute atomic E-state index is 0.0414. The number of hydrogen-bond donors (Lipinski definition) is 2. The van der Waals surface area contributed by atoms with Gasteiger partial charge in [0.25, 0.3) is 0 Å². The van der Waals surface area contributed by atoms with Crippen LogP contribution in [0.2, 0.25) is 0 Å². The summed E-state index contributed by atoms with van der Waals surface area (Å²) >= 11 is 7.34.